The van der Waals surface area contributed by atoms with Gasteiger partial charge in [-0.1, -0.05) is 0 Å². The number of methoxy groups -OCH3 is 1. The summed E-state index contributed by atoms with van der Waals surface area (Å²) in [6.45, 7) is 0. The Morgan fingerprint density at radius 2 is 2.33 bits per heavy atom. The molecular formula is C13H18O3S2. The van der Waals surface area contributed by atoms with Gasteiger partial charge in [-0.25, -0.2) is 0 Å². The van der Waals surface area contributed by atoms with Crippen molar-refractivity contribution in [2.45, 2.75) is 25.7 Å². The van der Waals surface area contributed by atoms with Gasteiger partial charge in [0, 0.05) is 22.3 Å². The van der Waals surface area contributed by atoms with E-state index in [2.05, 4.69) is 11.4 Å². The standard InChI is InChI=1S/C13H18O3S2/c1-16-12(14)8-13(4-5-13)10-18(15)7-3-11-2-6-17-9-11/h2,6,9H,3-5,7-8,10H2,1H3. The van der Waals surface area contributed by atoms with E-state index in [9.17, 15) is 9.00 Å². The van der Waals surface area contributed by atoms with Crippen LogP contribution in [0.4, 0.5) is 0 Å². The van der Waals surface area contributed by atoms with E-state index in [-0.39, 0.29) is 11.4 Å². The number of carbonyl (C=O) groups excluding carboxylic acids is 1. The Balaban J connectivity index is 1.75. The van der Waals surface area contributed by atoms with Gasteiger partial charge < -0.3 is 4.74 Å². The van der Waals surface area contributed by atoms with Gasteiger partial charge in [0.2, 0.25) is 0 Å². The lowest BCUT2D eigenvalue weighted by molar-refractivity contribution is -0.141. The van der Waals surface area contributed by atoms with Gasteiger partial charge in [-0.3, -0.25) is 9.00 Å². The van der Waals surface area contributed by atoms with Gasteiger partial charge in [0.25, 0.3) is 0 Å². The maximum Gasteiger partial charge on any atom is 0.306 e. The summed E-state index contributed by atoms with van der Waals surface area (Å²) in [5.41, 5.74) is 1.23. The lowest BCUT2D eigenvalue weighted by atomic mass is 10.1. The molecule has 0 spiro atoms. The lowest BCUT2D eigenvalue weighted by Crippen LogP contribution is -2.19. The van der Waals surface area contributed by atoms with Crippen LogP contribution in [-0.2, 0) is 26.8 Å². The Labute approximate surface area is 114 Å². The summed E-state index contributed by atoms with van der Waals surface area (Å²) >= 11 is 1.67. The van der Waals surface area contributed by atoms with Crippen molar-refractivity contribution in [3.63, 3.8) is 0 Å². The number of rotatable bonds is 7. The molecule has 0 aliphatic heterocycles. The van der Waals surface area contributed by atoms with E-state index in [1.807, 2.05) is 5.38 Å². The summed E-state index contributed by atoms with van der Waals surface area (Å²) in [6.07, 6.45) is 3.30. The van der Waals surface area contributed by atoms with Crippen molar-refractivity contribution in [1.29, 1.82) is 0 Å². The van der Waals surface area contributed by atoms with Crippen molar-refractivity contribution in [2.24, 2.45) is 5.41 Å². The third kappa shape index (κ3) is 3.92. The number of thiophene rings is 1. The SMILES string of the molecule is COC(=O)CC1(CS(=O)CCc2ccsc2)CC1. The van der Waals surface area contributed by atoms with Gasteiger partial charge in [0.1, 0.15) is 0 Å². The Kier molecular flexibility index (Phi) is 4.56. The first kappa shape index (κ1) is 13.7. The molecule has 0 saturated heterocycles. The zero-order valence-corrected chi connectivity index (χ0v) is 12.1. The molecule has 5 heteroatoms. The normalized spacial score (nSPS) is 18.3. The smallest absolute Gasteiger partial charge is 0.306 e. The molecule has 1 atom stereocenters. The molecule has 1 heterocycles. The van der Waals surface area contributed by atoms with E-state index >= 15 is 0 Å². The summed E-state index contributed by atoms with van der Waals surface area (Å²) in [4.78, 5) is 11.3. The fourth-order valence-electron chi connectivity index (χ4n) is 2.01. The minimum absolute atomic E-state index is 0.0212. The molecule has 2 rings (SSSR count). The van der Waals surface area contributed by atoms with Crippen LogP contribution in [0.5, 0.6) is 0 Å². The highest BCUT2D eigenvalue weighted by atomic mass is 32.2. The molecule has 1 aliphatic carbocycles. The average Bonchev–Trinajstić information content (AvgIpc) is 2.91. The first-order chi connectivity index (χ1) is 8.63. The molecule has 3 nitrogen and oxygen atoms in total. The van der Waals surface area contributed by atoms with Crippen LogP contribution < -0.4 is 0 Å². The van der Waals surface area contributed by atoms with E-state index in [4.69, 9.17) is 4.74 Å². The van der Waals surface area contributed by atoms with Crippen LogP contribution >= 0.6 is 11.3 Å². The molecule has 1 aromatic heterocycles. The highest BCUT2D eigenvalue weighted by molar-refractivity contribution is 7.85. The second-order valence-corrected chi connectivity index (χ2v) is 7.28. The summed E-state index contributed by atoms with van der Waals surface area (Å²) < 4.78 is 16.7. The van der Waals surface area contributed by atoms with Gasteiger partial charge >= 0.3 is 5.97 Å². The van der Waals surface area contributed by atoms with Gasteiger partial charge in [0.15, 0.2) is 0 Å². The van der Waals surface area contributed by atoms with Crippen molar-refractivity contribution in [1.82, 2.24) is 0 Å². The molecule has 1 unspecified atom stereocenters. The number of hydrogen-bond donors (Lipinski definition) is 0. The van der Waals surface area contributed by atoms with E-state index in [0.29, 0.717) is 17.9 Å². The molecular weight excluding hydrogens is 268 g/mol. The highest BCUT2D eigenvalue weighted by Crippen LogP contribution is 2.49. The molecule has 0 N–H and O–H groups in total. The number of carbonyl (C=O) groups is 1. The molecule has 0 radical (unpaired) electrons. The fourth-order valence-corrected chi connectivity index (χ4v) is 4.39. The van der Waals surface area contributed by atoms with Crippen LogP contribution in [0.3, 0.4) is 0 Å². The quantitative estimate of drug-likeness (QED) is 0.723. The molecule has 1 aliphatic rings. The maximum atomic E-state index is 12.0. The van der Waals surface area contributed by atoms with E-state index in [0.717, 1.165) is 19.3 Å². The van der Waals surface area contributed by atoms with E-state index in [1.165, 1.54) is 12.7 Å². The first-order valence-electron chi connectivity index (χ1n) is 6.06. The van der Waals surface area contributed by atoms with Crippen LogP contribution in [0, 0.1) is 5.41 Å². The third-order valence-electron chi connectivity index (χ3n) is 3.37. The average molecular weight is 286 g/mol. The maximum absolute atomic E-state index is 12.0. The van der Waals surface area contributed by atoms with Crippen molar-refractivity contribution in [3.8, 4) is 0 Å². The van der Waals surface area contributed by atoms with Gasteiger partial charge in [-0.15, -0.1) is 0 Å². The van der Waals surface area contributed by atoms with Crippen LogP contribution in [0.1, 0.15) is 24.8 Å². The van der Waals surface area contributed by atoms with Gasteiger partial charge in [-0.2, -0.15) is 11.3 Å². The Bertz CT molecular complexity index is 421. The molecule has 1 fully saturated rings. The van der Waals surface area contributed by atoms with Crippen molar-refractivity contribution < 1.29 is 13.7 Å². The number of esters is 1. The molecule has 1 saturated carbocycles. The summed E-state index contributed by atoms with van der Waals surface area (Å²) in [7, 11) is 0.576. The zero-order chi connectivity index (χ0) is 13.0. The topological polar surface area (TPSA) is 43.4 Å². The lowest BCUT2D eigenvalue weighted by Gasteiger charge is -2.12. The van der Waals surface area contributed by atoms with Crippen molar-refractivity contribution in [2.75, 3.05) is 18.6 Å². The minimum atomic E-state index is -0.833. The second kappa shape index (κ2) is 5.97. The summed E-state index contributed by atoms with van der Waals surface area (Å²) in [5, 5.41) is 4.14. The van der Waals surface area contributed by atoms with Crippen LogP contribution in [0.15, 0.2) is 16.8 Å². The van der Waals surface area contributed by atoms with Crippen molar-refractivity contribution in [3.05, 3.63) is 22.4 Å². The van der Waals surface area contributed by atoms with Crippen molar-refractivity contribution >= 4 is 28.1 Å². The zero-order valence-electron chi connectivity index (χ0n) is 10.5. The fraction of sp³-hybridized carbons (Fsp3) is 0.615. The number of aryl methyl sites for hydroxylation is 1. The van der Waals surface area contributed by atoms with Crippen LogP contribution in [0.2, 0.25) is 0 Å². The number of ether oxygens (including phenoxy) is 1. The second-order valence-electron chi connectivity index (χ2n) is 4.92. The molecule has 100 valence electrons. The molecule has 18 heavy (non-hydrogen) atoms. The van der Waals surface area contributed by atoms with Crippen LogP contribution in [-0.4, -0.2) is 28.8 Å². The molecule has 0 amide bonds. The molecule has 0 bridgehead atoms. The Hall–Kier alpha value is -0.680. The number of hydrogen-bond acceptors (Lipinski definition) is 4. The first-order valence-corrected chi connectivity index (χ1v) is 8.49. The third-order valence-corrected chi connectivity index (χ3v) is 5.70. The predicted octanol–water partition coefficient (Wildman–Crippen LogP) is 2.38. The summed E-state index contributed by atoms with van der Waals surface area (Å²) in [5.74, 6) is 1.16. The predicted molar refractivity (Wildman–Crippen MR) is 74.2 cm³/mol. The van der Waals surface area contributed by atoms with E-state index in [1.54, 1.807) is 11.3 Å². The minimum Gasteiger partial charge on any atom is -0.469 e. The van der Waals surface area contributed by atoms with Crippen LogP contribution in [0.25, 0.3) is 0 Å². The molecule has 1 aromatic rings. The van der Waals surface area contributed by atoms with Gasteiger partial charge in [0.05, 0.1) is 13.5 Å². The summed E-state index contributed by atoms with van der Waals surface area (Å²) in [6, 6.07) is 2.07. The van der Waals surface area contributed by atoms with E-state index < -0.39 is 10.8 Å². The Morgan fingerprint density at radius 3 is 2.89 bits per heavy atom. The largest absolute Gasteiger partial charge is 0.469 e. The Morgan fingerprint density at radius 1 is 1.56 bits per heavy atom. The molecule has 0 aromatic carbocycles. The van der Waals surface area contributed by atoms with Gasteiger partial charge in [-0.05, 0) is 47.1 Å². The highest BCUT2D eigenvalue weighted by Gasteiger charge is 2.45. The monoisotopic (exact) mass is 286 g/mol.